The summed E-state index contributed by atoms with van der Waals surface area (Å²) in [6, 6.07) is -0.945. The predicted octanol–water partition coefficient (Wildman–Crippen LogP) is -0.856. The second-order valence-electron chi connectivity index (χ2n) is 5.08. The van der Waals surface area contributed by atoms with Crippen LogP contribution in [0, 0.1) is 0 Å². The molecule has 118 valence electrons. The molecule has 8 heteroatoms. The minimum atomic E-state index is -0.747. The Morgan fingerprint density at radius 1 is 1.05 bits per heavy atom. The highest BCUT2D eigenvalue weighted by Crippen LogP contribution is 2.15. The number of piperazine rings is 1. The van der Waals surface area contributed by atoms with Crippen LogP contribution in [0.1, 0.15) is 6.92 Å². The fourth-order valence-electron chi connectivity index (χ4n) is 2.57. The van der Waals surface area contributed by atoms with Crippen LogP contribution >= 0.6 is 0 Å². The predicted molar refractivity (Wildman–Crippen MR) is 72.6 cm³/mol. The number of ether oxygens (including phenoxy) is 2. The Labute approximate surface area is 123 Å². The molecule has 0 aromatic heterocycles. The first-order valence-corrected chi connectivity index (χ1v) is 7.01. The maximum atomic E-state index is 12.5. The molecule has 0 N–H and O–H groups in total. The van der Waals surface area contributed by atoms with Crippen LogP contribution in [0.3, 0.4) is 0 Å². The van der Waals surface area contributed by atoms with Gasteiger partial charge in [0.05, 0.1) is 26.9 Å². The zero-order valence-corrected chi connectivity index (χ0v) is 12.4. The van der Waals surface area contributed by atoms with E-state index in [1.165, 1.54) is 18.9 Å². The molecule has 2 fully saturated rings. The summed E-state index contributed by atoms with van der Waals surface area (Å²) in [6.45, 7) is 4.42. The third kappa shape index (κ3) is 3.44. The molecule has 0 aromatic rings. The van der Waals surface area contributed by atoms with Crippen LogP contribution in [0.4, 0.5) is 4.79 Å². The maximum Gasteiger partial charge on any atom is 0.330 e. The summed E-state index contributed by atoms with van der Waals surface area (Å²) in [5.74, 6) is -0.607. The SMILES string of the molecule is COC(=O)[C@H]1CN(C(C)=O)CCN1C(=O)N1CCOCC1. The van der Waals surface area contributed by atoms with Gasteiger partial charge in [0.1, 0.15) is 6.04 Å². The van der Waals surface area contributed by atoms with Gasteiger partial charge in [0, 0.05) is 33.1 Å². The van der Waals surface area contributed by atoms with Gasteiger partial charge in [0.15, 0.2) is 0 Å². The number of morpholine rings is 1. The molecule has 0 saturated carbocycles. The van der Waals surface area contributed by atoms with Crippen molar-refractivity contribution < 1.29 is 23.9 Å². The Kier molecular flexibility index (Phi) is 5.00. The summed E-state index contributed by atoms with van der Waals surface area (Å²) in [4.78, 5) is 40.7. The Balaban J connectivity index is 2.10. The molecule has 0 aliphatic carbocycles. The van der Waals surface area contributed by atoms with Crippen LogP contribution in [0.2, 0.25) is 0 Å². The van der Waals surface area contributed by atoms with E-state index in [0.717, 1.165) is 0 Å². The molecular weight excluding hydrogens is 278 g/mol. The molecule has 0 aromatic carbocycles. The molecular formula is C13H21N3O5. The number of amides is 3. The van der Waals surface area contributed by atoms with Gasteiger partial charge < -0.3 is 24.2 Å². The van der Waals surface area contributed by atoms with E-state index >= 15 is 0 Å². The number of esters is 1. The average molecular weight is 299 g/mol. The largest absolute Gasteiger partial charge is 0.467 e. The van der Waals surface area contributed by atoms with E-state index in [4.69, 9.17) is 9.47 Å². The molecule has 2 saturated heterocycles. The van der Waals surface area contributed by atoms with Gasteiger partial charge in [0.2, 0.25) is 5.91 Å². The monoisotopic (exact) mass is 299 g/mol. The molecule has 2 aliphatic heterocycles. The molecule has 2 rings (SSSR count). The van der Waals surface area contributed by atoms with Crippen molar-refractivity contribution in [1.29, 1.82) is 0 Å². The van der Waals surface area contributed by atoms with Crippen molar-refractivity contribution in [2.75, 3.05) is 53.0 Å². The number of carbonyl (C=O) groups is 3. The molecule has 21 heavy (non-hydrogen) atoms. The van der Waals surface area contributed by atoms with Crippen LogP contribution in [0.5, 0.6) is 0 Å². The smallest absolute Gasteiger partial charge is 0.330 e. The number of urea groups is 1. The Hall–Kier alpha value is -1.83. The van der Waals surface area contributed by atoms with Crippen molar-refractivity contribution in [3.05, 3.63) is 0 Å². The fourth-order valence-corrected chi connectivity index (χ4v) is 2.57. The molecule has 3 amide bonds. The van der Waals surface area contributed by atoms with Crippen LogP contribution in [-0.4, -0.2) is 91.7 Å². The fraction of sp³-hybridized carbons (Fsp3) is 0.769. The first kappa shape index (κ1) is 15.6. The van der Waals surface area contributed by atoms with Gasteiger partial charge in [-0.3, -0.25) is 4.79 Å². The first-order chi connectivity index (χ1) is 10.0. The maximum absolute atomic E-state index is 12.5. The zero-order chi connectivity index (χ0) is 15.4. The van der Waals surface area contributed by atoms with Crippen LogP contribution in [-0.2, 0) is 19.1 Å². The summed E-state index contributed by atoms with van der Waals surface area (Å²) in [6.07, 6.45) is 0. The first-order valence-electron chi connectivity index (χ1n) is 7.01. The Morgan fingerprint density at radius 3 is 2.29 bits per heavy atom. The minimum absolute atomic E-state index is 0.109. The Bertz CT molecular complexity index is 422. The molecule has 0 spiro atoms. The second-order valence-corrected chi connectivity index (χ2v) is 5.08. The number of hydrogen-bond donors (Lipinski definition) is 0. The summed E-state index contributed by atoms with van der Waals surface area (Å²) >= 11 is 0. The van der Waals surface area contributed by atoms with Gasteiger partial charge in [-0.05, 0) is 0 Å². The van der Waals surface area contributed by atoms with Crippen molar-refractivity contribution in [2.45, 2.75) is 13.0 Å². The van der Waals surface area contributed by atoms with Crippen molar-refractivity contribution >= 4 is 17.9 Å². The molecule has 2 aliphatic rings. The standard InChI is InChI=1S/C13H21N3O5/c1-10(17)15-3-4-16(11(9-15)12(18)20-2)13(19)14-5-7-21-8-6-14/h11H,3-9H2,1-2H3/t11-/m1/s1. The van der Waals surface area contributed by atoms with E-state index in [0.29, 0.717) is 39.4 Å². The third-order valence-corrected chi connectivity index (χ3v) is 3.83. The molecule has 0 bridgehead atoms. The second kappa shape index (κ2) is 6.75. The van der Waals surface area contributed by atoms with Gasteiger partial charge >= 0.3 is 12.0 Å². The van der Waals surface area contributed by atoms with Crippen molar-refractivity contribution in [2.24, 2.45) is 0 Å². The highest BCUT2D eigenvalue weighted by molar-refractivity contribution is 5.85. The minimum Gasteiger partial charge on any atom is -0.467 e. The zero-order valence-electron chi connectivity index (χ0n) is 12.4. The summed E-state index contributed by atoms with van der Waals surface area (Å²) < 4.78 is 10.00. The van der Waals surface area contributed by atoms with Gasteiger partial charge in [-0.2, -0.15) is 0 Å². The molecule has 0 unspecified atom stereocenters. The van der Waals surface area contributed by atoms with E-state index in [1.54, 1.807) is 9.80 Å². The lowest BCUT2D eigenvalue weighted by Crippen LogP contribution is -2.62. The van der Waals surface area contributed by atoms with E-state index in [2.05, 4.69) is 0 Å². The highest BCUT2D eigenvalue weighted by atomic mass is 16.5. The molecule has 0 radical (unpaired) electrons. The van der Waals surface area contributed by atoms with E-state index in [9.17, 15) is 14.4 Å². The molecule has 8 nitrogen and oxygen atoms in total. The van der Waals surface area contributed by atoms with Crippen LogP contribution < -0.4 is 0 Å². The van der Waals surface area contributed by atoms with Crippen LogP contribution in [0.15, 0.2) is 0 Å². The highest BCUT2D eigenvalue weighted by Gasteiger charge is 2.38. The van der Waals surface area contributed by atoms with Gasteiger partial charge in [-0.1, -0.05) is 0 Å². The number of nitrogens with zero attached hydrogens (tertiary/aromatic N) is 3. The Morgan fingerprint density at radius 2 is 1.71 bits per heavy atom. The number of carbonyl (C=O) groups excluding carboxylic acids is 3. The molecule has 2 heterocycles. The number of hydrogen-bond acceptors (Lipinski definition) is 5. The summed E-state index contributed by atoms with van der Waals surface area (Å²) in [7, 11) is 1.28. The lowest BCUT2D eigenvalue weighted by Gasteiger charge is -2.42. The van der Waals surface area contributed by atoms with E-state index in [1.807, 2.05) is 0 Å². The number of methoxy groups -OCH3 is 1. The van der Waals surface area contributed by atoms with Gasteiger partial charge in [0.25, 0.3) is 0 Å². The van der Waals surface area contributed by atoms with Crippen molar-refractivity contribution in [3.63, 3.8) is 0 Å². The van der Waals surface area contributed by atoms with Crippen LogP contribution in [0.25, 0.3) is 0 Å². The summed E-state index contributed by atoms with van der Waals surface area (Å²) in [5.41, 5.74) is 0. The van der Waals surface area contributed by atoms with Crippen molar-refractivity contribution in [1.82, 2.24) is 14.7 Å². The van der Waals surface area contributed by atoms with E-state index in [-0.39, 0.29) is 18.5 Å². The third-order valence-electron chi connectivity index (χ3n) is 3.83. The topological polar surface area (TPSA) is 79.4 Å². The van der Waals surface area contributed by atoms with Crippen molar-refractivity contribution in [3.8, 4) is 0 Å². The normalized spacial score (nSPS) is 23.0. The lowest BCUT2D eigenvalue weighted by molar-refractivity contribution is -0.150. The average Bonchev–Trinajstić information content (AvgIpc) is 2.53. The summed E-state index contributed by atoms with van der Waals surface area (Å²) in [5, 5.41) is 0. The van der Waals surface area contributed by atoms with Gasteiger partial charge in [-0.15, -0.1) is 0 Å². The molecule has 1 atom stereocenters. The van der Waals surface area contributed by atoms with Gasteiger partial charge in [-0.25, -0.2) is 9.59 Å². The lowest BCUT2D eigenvalue weighted by atomic mass is 10.1. The van der Waals surface area contributed by atoms with E-state index < -0.39 is 12.0 Å². The quantitative estimate of drug-likeness (QED) is 0.589. The number of rotatable bonds is 1.